The molecule has 0 spiro atoms. The molecule has 0 amide bonds. The van der Waals surface area contributed by atoms with E-state index >= 15 is 0 Å². The Morgan fingerprint density at radius 3 is 2.70 bits per heavy atom. The number of thioether (sulfide) groups is 1. The van der Waals surface area contributed by atoms with Crippen LogP contribution in [0.15, 0.2) is 64.4 Å². The first-order chi connectivity index (χ1) is 13.2. The van der Waals surface area contributed by atoms with Crippen LogP contribution in [0.5, 0.6) is 5.75 Å². The van der Waals surface area contributed by atoms with Crippen molar-refractivity contribution in [2.24, 2.45) is 0 Å². The van der Waals surface area contributed by atoms with Crippen molar-refractivity contribution in [3.05, 3.63) is 76.2 Å². The number of aromatic nitrogens is 3. The summed E-state index contributed by atoms with van der Waals surface area (Å²) in [6, 6.07) is 14.8. The van der Waals surface area contributed by atoms with E-state index in [0.717, 1.165) is 16.5 Å². The van der Waals surface area contributed by atoms with Crippen molar-refractivity contribution in [1.82, 2.24) is 15.2 Å². The Labute approximate surface area is 169 Å². The largest absolute Gasteiger partial charge is 0.484 e. The summed E-state index contributed by atoms with van der Waals surface area (Å²) >= 11 is 13.5. The second-order valence-electron chi connectivity index (χ2n) is 5.60. The van der Waals surface area contributed by atoms with Gasteiger partial charge in [-0.1, -0.05) is 41.0 Å². The van der Waals surface area contributed by atoms with Crippen molar-refractivity contribution in [3.63, 3.8) is 0 Å². The smallest absolute Gasteiger partial charge is 0.277 e. The molecule has 0 radical (unpaired) electrons. The van der Waals surface area contributed by atoms with Crippen molar-refractivity contribution in [2.75, 3.05) is 0 Å². The van der Waals surface area contributed by atoms with Crippen LogP contribution in [0.1, 0.15) is 11.5 Å². The Kier molecular flexibility index (Phi) is 5.48. The zero-order valence-electron chi connectivity index (χ0n) is 13.9. The lowest BCUT2D eigenvalue weighted by Crippen LogP contribution is -1.95. The van der Waals surface area contributed by atoms with Gasteiger partial charge in [-0.25, -0.2) is 0 Å². The predicted molar refractivity (Wildman–Crippen MR) is 106 cm³/mol. The number of rotatable bonds is 6. The molecule has 136 valence electrons. The van der Waals surface area contributed by atoms with Crippen LogP contribution in [0.4, 0.5) is 0 Å². The minimum atomic E-state index is 0.195. The molecule has 0 bridgehead atoms. The van der Waals surface area contributed by atoms with E-state index in [2.05, 4.69) is 15.2 Å². The fourth-order valence-corrected chi connectivity index (χ4v) is 3.59. The highest BCUT2D eigenvalue weighted by atomic mass is 35.5. The molecule has 4 rings (SSSR count). The molecular formula is C19H13Cl2N3O2S. The zero-order valence-corrected chi connectivity index (χ0v) is 16.3. The quantitative estimate of drug-likeness (QED) is 0.369. The van der Waals surface area contributed by atoms with Crippen LogP contribution in [-0.4, -0.2) is 15.2 Å². The summed E-state index contributed by atoms with van der Waals surface area (Å²) in [6.45, 7) is 0.195. The van der Waals surface area contributed by atoms with E-state index in [1.54, 1.807) is 30.5 Å². The molecule has 0 atom stereocenters. The van der Waals surface area contributed by atoms with Crippen molar-refractivity contribution >= 4 is 45.9 Å². The molecule has 2 aromatic carbocycles. The summed E-state index contributed by atoms with van der Waals surface area (Å²) in [5.41, 5.74) is 1.93. The summed E-state index contributed by atoms with van der Waals surface area (Å²) < 4.78 is 11.2. The summed E-state index contributed by atoms with van der Waals surface area (Å²) in [6.07, 6.45) is 1.76. The third-order valence-electron chi connectivity index (χ3n) is 3.78. The molecule has 0 fully saturated rings. The maximum atomic E-state index is 6.23. The Balaban J connectivity index is 1.40. The summed E-state index contributed by atoms with van der Waals surface area (Å²) in [5, 5.41) is 10.8. The molecule has 8 heteroatoms. The molecule has 0 N–H and O–H groups in total. The summed E-state index contributed by atoms with van der Waals surface area (Å²) in [4.78, 5) is 4.43. The van der Waals surface area contributed by atoms with Gasteiger partial charge in [-0.05, 0) is 48.0 Å². The number of hydrogen-bond acceptors (Lipinski definition) is 6. The molecule has 2 aromatic heterocycles. The maximum Gasteiger partial charge on any atom is 0.277 e. The third-order valence-corrected chi connectivity index (χ3v) is 5.22. The van der Waals surface area contributed by atoms with Crippen molar-refractivity contribution < 1.29 is 9.15 Å². The van der Waals surface area contributed by atoms with E-state index in [1.165, 1.54) is 11.8 Å². The second kappa shape index (κ2) is 8.17. The fraction of sp³-hybridized carbons (Fsp3) is 0.105. The van der Waals surface area contributed by atoms with Crippen molar-refractivity contribution in [1.29, 1.82) is 0 Å². The standard InChI is InChI=1S/C19H13Cl2N3O2S/c20-13-4-6-14(7-5-13)25-10-17-23-24-19(26-17)27-11-12-3-8-16(21)15-2-1-9-22-18(12)15/h1-9H,10-11H2. The Bertz CT molecular complexity index is 1070. The summed E-state index contributed by atoms with van der Waals surface area (Å²) in [5.74, 6) is 1.74. The lowest BCUT2D eigenvalue weighted by molar-refractivity contribution is 0.252. The van der Waals surface area contributed by atoms with Gasteiger partial charge in [-0.2, -0.15) is 0 Å². The lowest BCUT2D eigenvalue weighted by Gasteiger charge is -2.05. The SMILES string of the molecule is Clc1ccc(OCc2nnc(SCc3ccc(Cl)c4cccnc34)o2)cc1. The van der Waals surface area contributed by atoms with Crippen molar-refractivity contribution in [3.8, 4) is 5.75 Å². The highest BCUT2D eigenvalue weighted by molar-refractivity contribution is 7.98. The number of hydrogen-bond donors (Lipinski definition) is 0. The van der Waals surface area contributed by atoms with Gasteiger partial charge in [-0.3, -0.25) is 4.98 Å². The first-order valence-electron chi connectivity index (χ1n) is 8.05. The minimum absolute atomic E-state index is 0.195. The molecule has 0 aliphatic rings. The average molecular weight is 418 g/mol. The Hall–Kier alpha value is -2.28. The van der Waals surface area contributed by atoms with Gasteiger partial charge in [-0.15, -0.1) is 10.2 Å². The van der Waals surface area contributed by atoms with Gasteiger partial charge in [0, 0.05) is 27.4 Å². The van der Waals surface area contributed by atoms with Gasteiger partial charge in [0.2, 0.25) is 0 Å². The monoisotopic (exact) mass is 417 g/mol. The number of nitrogens with zero attached hydrogens (tertiary/aromatic N) is 3. The maximum absolute atomic E-state index is 6.23. The number of ether oxygens (including phenoxy) is 1. The molecule has 5 nitrogen and oxygen atoms in total. The van der Waals surface area contributed by atoms with E-state index < -0.39 is 0 Å². The first kappa shape index (κ1) is 18.1. The number of halogens is 2. The number of benzene rings is 2. The van der Waals surface area contributed by atoms with Crippen LogP contribution < -0.4 is 4.74 Å². The van der Waals surface area contributed by atoms with Crippen molar-refractivity contribution in [2.45, 2.75) is 17.6 Å². The van der Waals surface area contributed by atoms with Gasteiger partial charge in [0.05, 0.1) is 5.52 Å². The first-order valence-corrected chi connectivity index (χ1v) is 9.79. The van der Waals surface area contributed by atoms with Crippen LogP contribution in [0, 0.1) is 0 Å². The van der Waals surface area contributed by atoms with Gasteiger partial charge < -0.3 is 9.15 Å². The molecule has 0 saturated carbocycles. The molecule has 2 heterocycles. The van der Waals surface area contributed by atoms with Crippen LogP contribution in [0.2, 0.25) is 10.0 Å². The average Bonchev–Trinajstić information content (AvgIpc) is 3.15. The van der Waals surface area contributed by atoms with E-state index in [0.29, 0.717) is 32.7 Å². The Morgan fingerprint density at radius 2 is 1.85 bits per heavy atom. The second-order valence-corrected chi connectivity index (χ2v) is 7.37. The molecule has 0 saturated heterocycles. The third kappa shape index (κ3) is 4.35. The van der Waals surface area contributed by atoms with Crippen LogP contribution in [-0.2, 0) is 12.4 Å². The van der Waals surface area contributed by atoms with E-state index in [-0.39, 0.29) is 6.61 Å². The van der Waals surface area contributed by atoms with E-state index in [4.69, 9.17) is 32.4 Å². The summed E-state index contributed by atoms with van der Waals surface area (Å²) in [7, 11) is 0. The number of pyridine rings is 1. The molecular weight excluding hydrogens is 405 g/mol. The van der Waals surface area contributed by atoms with Gasteiger partial charge in [0.25, 0.3) is 11.1 Å². The molecule has 0 aliphatic heterocycles. The highest BCUT2D eigenvalue weighted by Crippen LogP contribution is 2.29. The van der Waals surface area contributed by atoms with Gasteiger partial charge >= 0.3 is 0 Å². The highest BCUT2D eigenvalue weighted by Gasteiger charge is 2.11. The van der Waals surface area contributed by atoms with Crippen LogP contribution in [0.25, 0.3) is 10.9 Å². The predicted octanol–water partition coefficient (Wildman–Crippen LogP) is 5.80. The van der Waals surface area contributed by atoms with E-state index in [1.807, 2.05) is 24.3 Å². The minimum Gasteiger partial charge on any atom is -0.484 e. The lowest BCUT2D eigenvalue weighted by atomic mass is 10.1. The topological polar surface area (TPSA) is 61.0 Å². The van der Waals surface area contributed by atoms with Gasteiger partial charge in [0.15, 0.2) is 6.61 Å². The molecule has 27 heavy (non-hydrogen) atoms. The normalized spacial score (nSPS) is 11.0. The van der Waals surface area contributed by atoms with Crippen LogP contribution >= 0.6 is 35.0 Å². The molecule has 0 aliphatic carbocycles. The van der Waals surface area contributed by atoms with Gasteiger partial charge in [0.1, 0.15) is 5.75 Å². The molecule has 4 aromatic rings. The molecule has 0 unspecified atom stereocenters. The zero-order chi connectivity index (χ0) is 18.6. The number of fused-ring (bicyclic) bond motifs is 1. The fourth-order valence-electron chi connectivity index (χ4n) is 2.48. The van der Waals surface area contributed by atoms with Crippen LogP contribution in [0.3, 0.4) is 0 Å². The van der Waals surface area contributed by atoms with E-state index in [9.17, 15) is 0 Å². The Morgan fingerprint density at radius 1 is 1.00 bits per heavy atom.